The van der Waals surface area contributed by atoms with Crippen molar-refractivity contribution in [3.8, 4) is 16.3 Å². The molecule has 0 bridgehead atoms. The Morgan fingerprint density at radius 3 is 2.65 bits per heavy atom. The van der Waals surface area contributed by atoms with E-state index in [1.165, 1.54) is 4.70 Å². The van der Waals surface area contributed by atoms with Crippen LogP contribution in [0.5, 0.6) is 5.75 Å². The Labute approximate surface area is 156 Å². The molecule has 1 aromatic heterocycles. The predicted molar refractivity (Wildman–Crippen MR) is 110 cm³/mol. The molecule has 0 aliphatic heterocycles. The average molecular weight is 358 g/mol. The van der Waals surface area contributed by atoms with E-state index in [9.17, 15) is 5.11 Å². The highest BCUT2D eigenvalue weighted by molar-refractivity contribution is 7.21. The first-order valence-corrected chi connectivity index (χ1v) is 9.23. The van der Waals surface area contributed by atoms with Crippen LogP contribution in [-0.2, 0) is 0 Å². The zero-order chi connectivity index (χ0) is 18.1. The van der Waals surface area contributed by atoms with E-state index in [1.54, 1.807) is 17.6 Å². The van der Waals surface area contributed by atoms with Gasteiger partial charge in [-0.1, -0.05) is 36.4 Å². The summed E-state index contributed by atoms with van der Waals surface area (Å²) in [5.41, 5.74) is 5.59. The zero-order valence-electron chi connectivity index (χ0n) is 14.6. The summed E-state index contributed by atoms with van der Waals surface area (Å²) in [6, 6.07) is 20.0. The number of nitrogens with zero attached hydrogens (tertiary/aromatic N) is 2. The van der Waals surface area contributed by atoms with Crippen LogP contribution in [0.4, 0.5) is 5.69 Å². The number of aliphatic imine (C=N–C) groups is 1. The van der Waals surface area contributed by atoms with Gasteiger partial charge in [0, 0.05) is 17.3 Å². The average Bonchev–Trinajstić information content (AvgIpc) is 3.08. The molecule has 0 spiro atoms. The van der Waals surface area contributed by atoms with Gasteiger partial charge < -0.3 is 5.11 Å². The molecule has 4 heteroatoms. The maximum atomic E-state index is 10.2. The monoisotopic (exact) mass is 358 g/mol. The Bertz CT molecular complexity index is 1100. The van der Waals surface area contributed by atoms with Crippen molar-refractivity contribution in [3.05, 3.63) is 77.4 Å². The number of phenolic OH excluding ortho intramolecular Hbond substituents is 1. The molecule has 3 nitrogen and oxygen atoms in total. The van der Waals surface area contributed by atoms with E-state index in [2.05, 4.69) is 29.3 Å². The highest BCUT2D eigenvalue weighted by Gasteiger charge is 2.08. The number of hydrogen-bond acceptors (Lipinski definition) is 4. The van der Waals surface area contributed by atoms with Crippen molar-refractivity contribution >= 4 is 33.5 Å². The molecule has 0 amide bonds. The van der Waals surface area contributed by atoms with Crippen LogP contribution in [0.15, 0.2) is 65.7 Å². The van der Waals surface area contributed by atoms with Crippen molar-refractivity contribution in [2.45, 2.75) is 13.8 Å². The van der Waals surface area contributed by atoms with Crippen LogP contribution in [0, 0.1) is 13.8 Å². The highest BCUT2D eigenvalue weighted by atomic mass is 32.1. The molecule has 0 fully saturated rings. The van der Waals surface area contributed by atoms with E-state index in [-0.39, 0.29) is 5.75 Å². The Kier molecular flexibility index (Phi) is 4.27. The van der Waals surface area contributed by atoms with Crippen LogP contribution >= 0.6 is 11.3 Å². The van der Waals surface area contributed by atoms with Crippen LogP contribution in [-0.4, -0.2) is 16.3 Å². The summed E-state index contributed by atoms with van der Waals surface area (Å²) in [6.45, 7) is 3.91. The Hall–Kier alpha value is -2.98. The lowest BCUT2D eigenvalue weighted by molar-refractivity contribution is 0.470. The Morgan fingerprint density at radius 1 is 0.962 bits per heavy atom. The van der Waals surface area contributed by atoms with Crippen LogP contribution in [0.1, 0.15) is 16.7 Å². The number of rotatable bonds is 3. The van der Waals surface area contributed by atoms with Crippen molar-refractivity contribution < 1.29 is 5.11 Å². The minimum absolute atomic E-state index is 0.274. The van der Waals surface area contributed by atoms with Gasteiger partial charge in [-0.25, -0.2) is 4.98 Å². The molecule has 3 aromatic carbocycles. The van der Waals surface area contributed by atoms with Gasteiger partial charge in [-0.15, -0.1) is 11.3 Å². The molecule has 26 heavy (non-hydrogen) atoms. The third kappa shape index (κ3) is 3.11. The summed E-state index contributed by atoms with van der Waals surface area (Å²) < 4.78 is 1.18. The van der Waals surface area contributed by atoms with Gasteiger partial charge >= 0.3 is 0 Å². The molecule has 1 heterocycles. The largest absolute Gasteiger partial charge is 0.507 e. The summed E-state index contributed by atoms with van der Waals surface area (Å²) in [5, 5.41) is 11.1. The van der Waals surface area contributed by atoms with E-state index < -0.39 is 0 Å². The quantitative estimate of drug-likeness (QED) is 0.454. The smallest absolute Gasteiger partial charge is 0.127 e. The number of aromatic hydroxyl groups is 1. The fourth-order valence-corrected chi connectivity index (χ4v) is 3.76. The van der Waals surface area contributed by atoms with Crippen molar-refractivity contribution in [2.24, 2.45) is 4.99 Å². The lowest BCUT2D eigenvalue weighted by atomic mass is 10.1. The molecule has 0 unspecified atom stereocenters. The molecule has 0 saturated carbocycles. The Morgan fingerprint density at radius 2 is 1.81 bits per heavy atom. The molecule has 0 atom stereocenters. The van der Waals surface area contributed by atoms with E-state index in [1.807, 2.05) is 50.2 Å². The maximum absolute atomic E-state index is 10.2. The van der Waals surface area contributed by atoms with Crippen LogP contribution < -0.4 is 0 Å². The molecule has 4 rings (SSSR count). The number of hydrogen-bond donors (Lipinski definition) is 1. The van der Waals surface area contributed by atoms with Gasteiger partial charge in [0.25, 0.3) is 0 Å². The standard InChI is InChI=1S/C22H18N2OS/c1-14-10-11-16(22-24-18-8-3-4-9-20(18)26-22)12-19(14)23-13-17-7-5-6-15(2)21(17)25/h3-13,25H,1-2H3. The van der Waals surface area contributed by atoms with Gasteiger partial charge in [-0.05, 0) is 49.2 Å². The molecule has 4 aromatic rings. The third-order valence-electron chi connectivity index (χ3n) is 4.36. The number of aromatic nitrogens is 1. The summed E-state index contributed by atoms with van der Waals surface area (Å²) in [4.78, 5) is 9.33. The summed E-state index contributed by atoms with van der Waals surface area (Å²) >= 11 is 1.68. The number of para-hydroxylation sites is 2. The van der Waals surface area contributed by atoms with Crippen LogP contribution in [0.2, 0.25) is 0 Å². The van der Waals surface area contributed by atoms with E-state index in [0.29, 0.717) is 0 Å². The molecule has 128 valence electrons. The van der Waals surface area contributed by atoms with Gasteiger partial charge in [0.05, 0.1) is 15.9 Å². The third-order valence-corrected chi connectivity index (χ3v) is 5.45. The second kappa shape index (κ2) is 6.73. The van der Waals surface area contributed by atoms with Crippen LogP contribution in [0.3, 0.4) is 0 Å². The lowest BCUT2D eigenvalue weighted by Crippen LogP contribution is -1.86. The number of benzene rings is 3. The van der Waals surface area contributed by atoms with E-state index in [0.717, 1.165) is 38.5 Å². The minimum Gasteiger partial charge on any atom is -0.507 e. The van der Waals surface area contributed by atoms with E-state index >= 15 is 0 Å². The molecule has 0 radical (unpaired) electrons. The van der Waals surface area contributed by atoms with E-state index in [4.69, 9.17) is 4.98 Å². The molecule has 1 N–H and O–H groups in total. The second-order valence-corrected chi connectivity index (χ2v) is 7.29. The van der Waals surface area contributed by atoms with Crippen molar-refractivity contribution in [1.29, 1.82) is 0 Å². The summed E-state index contributed by atoms with van der Waals surface area (Å²) in [5.74, 6) is 0.274. The normalized spacial score (nSPS) is 11.5. The summed E-state index contributed by atoms with van der Waals surface area (Å²) in [6.07, 6.45) is 1.72. The number of phenols is 1. The number of thiazole rings is 1. The van der Waals surface area contributed by atoms with Crippen molar-refractivity contribution in [3.63, 3.8) is 0 Å². The van der Waals surface area contributed by atoms with Crippen LogP contribution in [0.25, 0.3) is 20.8 Å². The fourth-order valence-electron chi connectivity index (χ4n) is 2.80. The van der Waals surface area contributed by atoms with Gasteiger partial charge in [0.1, 0.15) is 10.8 Å². The second-order valence-electron chi connectivity index (χ2n) is 6.26. The molecule has 0 saturated heterocycles. The number of fused-ring (bicyclic) bond motifs is 1. The zero-order valence-corrected chi connectivity index (χ0v) is 15.4. The summed E-state index contributed by atoms with van der Waals surface area (Å²) in [7, 11) is 0. The first kappa shape index (κ1) is 16.5. The molecular weight excluding hydrogens is 340 g/mol. The maximum Gasteiger partial charge on any atom is 0.127 e. The SMILES string of the molecule is Cc1ccc(-c2nc3ccccc3s2)cc1N=Cc1cccc(C)c1O. The van der Waals surface area contributed by atoms with Crippen molar-refractivity contribution in [1.82, 2.24) is 4.98 Å². The highest BCUT2D eigenvalue weighted by Crippen LogP contribution is 2.33. The molecule has 0 aliphatic carbocycles. The van der Waals surface area contributed by atoms with Gasteiger partial charge in [-0.3, -0.25) is 4.99 Å². The molecule has 0 aliphatic rings. The Balaban J connectivity index is 1.72. The van der Waals surface area contributed by atoms with Gasteiger partial charge in [-0.2, -0.15) is 0 Å². The minimum atomic E-state index is 0.274. The number of aryl methyl sites for hydroxylation is 2. The first-order chi connectivity index (χ1) is 12.6. The topological polar surface area (TPSA) is 45.5 Å². The fraction of sp³-hybridized carbons (Fsp3) is 0.0909. The molecular formula is C22H18N2OS. The van der Waals surface area contributed by atoms with Crippen molar-refractivity contribution in [2.75, 3.05) is 0 Å². The first-order valence-electron chi connectivity index (χ1n) is 8.41. The predicted octanol–water partition coefficient (Wildman–Crippen LogP) is 6.04. The lowest BCUT2D eigenvalue weighted by Gasteiger charge is -2.04. The van der Waals surface area contributed by atoms with Gasteiger partial charge in [0.15, 0.2) is 0 Å². The van der Waals surface area contributed by atoms with Gasteiger partial charge in [0.2, 0.25) is 0 Å².